The minimum Gasteiger partial charge on any atom is -0.336 e. The highest BCUT2D eigenvalue weighted by Crippen LogP contribution is 2.13. The van der Waals surface area contributed by atoms with Crippen LogP contribution in [-0.2, 0) is 6.54 Å². The highest BCUT2D eigenvalue weighted by Gasteiger charge is 2.21. The summed E-state index contributed by atoms with van der Waals surface area (Å²) in [5, 5.41) is 3.74. The van der Waals surface area contributed by atoms with Crippen molar-refractivity contribution in [1.29, 1.82) is 0 Å². The molecule has 0 spiro atoms. The fourth-order valence-electron chi connectivity index (χ4n) is 2.75. The molecule has 0 bridgehead atoms. The highest BCUT2D eigenvalue weighted by atomic mass is 15.2. The van der Waals surface area contributed by atoms with Crippen molar-refractivity contribution in [3.63, 3.8) is 0 Å². The first-order chi connectivity index (χ1) is 8.65. The van der Waals surface area contributed by atoms with Crippen LogP contribution in [0.25, 0.3) is 0 Å². The summed E-state index contributed by atoms with van der Waals surface area (Å²) in [6.07, 6.45) is 8.30. The molecule has 2 rings (SSSR count). The maximum absolute atomic E-state index is 4.08. The molecule has 18 heavy (non-hydrogen) atoms. The molecule has 1 aromatic heterocycles. The van der Waals surface area contributed by atoms with Crippen molar-refractivity contribution in [3.05, 3.63) is 18.7 Å². The fraction of sp³-hybridized carbons (Fsp3) is 0.786. The molecule has 4 heteroatoms. The molecule has 0 saturated carbocycles. The van der Waals surface area contributed by atoms with Crippen LogP contribution in [0.1, 0.15) is 33.6 Å². The molecule has 2 heterocycles. The van der Waals surface area contributed by atoms with Crippen molar-refractivity contribution < 1.29 is 0 Å². The van der Waals surface area contributed by atoms with Crippen LogP contribution in [0.15, 0.2) is 18.7 Å². The number of nitrogens with one attached hydrogen (secondary N) is 1. The van der Waals surface area contributed by atoms with Gasteiger partial charge >= 0.3 is 0 Å². The molecule has 1 saturated heterocycles. The van der Waals surface area contributed by atoms with E-state index in [1.807, 2.05) is 18.7 Å². The average molecular weight is 250 g/mol. The molecule has 4 nitrogen and oxygen atoms in total. The van der Waals surface area contributed by atoms with Crippen molar-refractivity contribution in [2.24, 2.45) is 0 Å². The molecular formula is C14H26N4. The Balaban J connectivity index is 1.71. The zero-order valence-corrected chi connectivity index (χ0v) is 11.8. The van der Waals surface area contributed by atoms with Gasteiger partial charge in [-0.15, -0.1) is 0 Å². The molecule has 0 aromatic carbocycles. The number of hydrogen-bond donors (Lipinski definition) is 1. The Bertz CT molecular complexity index is 326. The monoisotopic (exact) mass is 250 g/mol. The zero-order chi connectivity index (χ0) is 13.0. The standard InChI is InChI=1S/C14H26N4/c1-12(2)18-7-4-14(5-8-18)16-13(3)10-17-9-6-15-11-17/h6,9,11-14,16H,4-5,7-8,10H2,1-3H3. The average Bonchev–Trinajstić information content (AvgIpc) is 2.82. The number of piperidine rings is 1. The van der Waals surface area contributed by atoms with E-state index < -0.39 is 0 Å². The van der Waals surface area contributed by atoms with Crippen molar-refractivity contribution in [3.8, 4) is 0 Å². The summed E-state index contributed by atoms with van der Waals surface area (Å²) in [6.45, 7) is 10.3. The minimum absolute atomic E-state index is 0.509. The van der Waals surface area contributed by atoms with Gasteiger partial charge in [0.2, 0.25) is 0 Å². The van der Waals surface area contributed by atoms with E-state index >= 15 is 0 Å². The summed E-state index contributed by atoms with van der Waals surface area (Å²) in [4.78, 5) is 6.65. The molecular weight excluding hydrogens is 224 g/mol. The second-order valence-electron chi connectivity index (χ2n) is 5.73. The molecule has 0 aliphatic carbocycles. The number of nitrogens with zero attached hydrogens (tertiary/aromatic N) is 3. The molecule has 1 N–H and O–H groups in total. The summed E-state index contributed by atoms with van der Waals surface area (Å²) in [5.41, 5.74) is 0. The highest BCUT2D eigenvalue weighted by molar-refractivity contribution is 4.82. The normalized spacial score (nSPS) is 20.4. The van der Waals surface area contributed by atoms with Crippen LogP contribution >= 0.6 is 0 Å². The molecule has 0 amide bonds. The van der Waals surface area contributed by atoms with Gasteiger partial charge in [0.05, 0.1) is 6.33 Å². The Hall–Kier alpha value is -0.870. The second kappa shape index (κ2) is 6.34. The Kier molecular flexibility index (Phi) is 4.78. The summed E-state index contributed by atoms with van der Waals surface area (Å²) in [5.74, 6) is 0. The maximum atomic E-state index is 4.08. The molecule has 0 radical (unpaired) electrons. The summed E-state index contributed by atoms with van der Waals surface area (Å²) < 4.78 is 2.14. The van der Waals surface area contributed by atoms with Gasteiger partial charge in [0.25, 0.3) is 0 Å². The summed E-state index contributed by atoms with van der Waals surface area (Å²) in [6, 6.07) is 1.88. The van der Waals surface area contributed by atoms with Crippen LogP contribution in [0.4, 0.5) is 0 Å². The van der Waals surface area contributed by atoms with E-state index in [0.29, 0.717) is 18.1 Å². The lowest BCUT2D eigenvalue weighted by atomic mass is 10.0. The first-order valence-electron chi connectivity index (χ1n) is 7.11. The van der Waals surface area contributed by atoms with Crippen molar-refractivity contribution in [2.75, 3.05) is 13.1 Å². The van der Waals surface area contributed by atoms with Gasteiger partial charge < -0.3 is 14.8 Å². The van der Waals surface area contributed by atoms with E-state index in [4.69, 9.17) is 0 Å². The summed E-state index contributed by atoms with van der Waals surface area (Å²) in [7, 11) is 0. The maximum Gasteiger partial charge on any atom is 0.0946 e. The third kappa shape index (κ3) is 3.82. The molecule has 1 aromatic rings. The second-order valence-corrected chi connectivity index (χ2v) is 5.73. The Morgan fingerprint density at radius 2 is 2.00 bits per heavy atom. The number of rotatable bonds is 5. The fourth-order valence-corrected chi connectivity index (χ4v) is 2.75. The van der Waals surface area contributed by atoms with E-state index in [-0.39, 0.29) is 0 Å². The van der Waals surface area contributed by atoms with Gasteiger partial charge in [-0.05, 0) is 46.7 Å². The minimum atomic E-state index is 0.509. The Morgan fingerprint density at radius 1 is 1.28 bits per heavy atom. The zero-order valence-electron chi connectivity index (χ0n) is 11.8. The molecule has 102 valence electrons. The van der Waals surface area contributed by atoms with Gasteiger partial charge in [-0.2, -0.15) is 0 Å². The molecule has 1 aliphatic rings. The third-order valence-electron chi connectivity index (χ3n) is 3.82. The summed E-state index contributed by atoms with van der Waals surface area (Å²) >= 11 is 0. The molecule has 1 atom stereocenters. The van der Waals surface area contributed by atoms with Gasteiger partial charge in [0, 0.05) is 37.1 Å². The Labute approximate surface area is 110 Å². The van der Waals surface area contributed by atoms with E-state index in [1.54, 1.807) is 0 Å². The smallest absolute Gasteiger partial charge is 0.0946 e. The quantitative estimate of drug-likeness (QED) is 0.864. The largest absolute Gasteiger partial charge is 0.336 e. The van der Waals surface area contributed by atoms with E-state index in [9.17, 15) is 0 Å². The molecule has 1 aliphatic heterocycles. The van der Waals surface area contributed by atoms with Gasteiger partial charge in [-0.1, -0.05) is 0 Å². The van der Waals surface area contributed by atoms with Crippen molar-refractivity contribution in [1.82, 2.24) is 19.8 Å². The third-order valence-corrected chi connectivity index (χ3v) is 3.82. The van der Waals surface area contributed by atoms with E-state index in [1.165, 1.54) is 25.9 Å². The number of likely N-dealkylation sites (tertiary alicyclic amines) is 1. The number of hydrogen-bond acceptors (Lipinski definition) is 3. The lowest BCUT2D eigenvalue weighted by Gasteiger charge is -2.36. The predicted octanol–water partition coefficient (Wildman–Crippen LogP) is 1.73. The van der Waals surface area contributed by atoms with Crippen molar-refractivity contribution in [2.45, 2.75) is 58.3 Å². The van der Waals surface area contributed by atoms with Gasteiger partial charge in [-0.25, -0.2) is 4.98 Å². The van der Waals surface area contributed by atoms with Crippen LogP contribution in [0.5, 0.6) is 0 Å². The Morgan fingerprint density at radius 3 is 2.56 bits per heavy atom. The molecule has 1 fully saturated rings. The van der Waals surface area contributed by atoms with Gasteiger partial charge in [0.15, 0.2) is 0 Å². The van der Waals surface area contributed by atoms with Gasteiger partial charge in [-0.3, -0.25) is 0 Å². The van der Waals surface area contributed by atoms with E-state index in [2.05, 4.69) is 40.5 Å². The van der Waals surface area contributed by atoms with Crippen LogP contribution in [0.2, 0.25) is 0 Å². The topological polar surface area (TPSA) is 33.1 Å². The van der Waals surface area contributed by atoms with Crippen LogP contribution in [-0.4, -0.2) is 45.7 Å². The first kappa shape index (κ1) is 13.6. The predicted molar refractivity (Wildman–Crippen MR) is 74.6 cm³/mol. The lowest BCUT2D eigenvalue weighted by molar-refractivity contribution is 0.156. The van der Waals surface area contributed by atoms with Crippen LogP contribution < -0.4 is 5.32 Å². The van der Waals surface area contributed by atoms with Crippen molar-refractivity contribution >= 4 is 0 Å². The van der Waals surface area contributed by atoms with Gasteiger partial charge in [0.1, 0.15) is 0 Å². The van der Waals surface area contributed by atoms with Crippen LogP contribution in [0.3, 0.4) is 0 Å². The first-order valence-corrected chi connectivity index (χ1v) is 7.11. The number of aromatic nitrogens is 2. The molecule has 1 unspecified atom stereocenters. The van der Waals surface area contributed by atoms with Crippen LogP contribution in [0, 0.1) is 0 Å². The van der Waals surface area contributed by atoms with E-state index in [0.717, 1.165) is 6.54 Å². The lowest BCUT2D eigenvalue weighted by Crippen LogP contribution is -2.48. The number of imidazole rings is 1. The SMILES string of the molecule is CC(Cn1ccnc1)NC1CCN(C(C)C)CC1.